The third kappa shape index (κ3) is 3.76. The maximum atomic E-state index is 13.1. The van der Waals surface area contributed by atoms with Crippen molar-refractivity contribution in [1.82, 2.24) is 14.8 Å². The summed E-state index contributed by atoms with van der Waals surface area (Å²) in [7, 11) is 1.60. The topological polar surface area (TPSA) is 92.5 Å². The van der Waals surface area contributed by atoms with Crippen LogP contribution in [0.1, 0.15) is 11.1 Å². The molecular weight excluding hydrogens is 418 g/mol. The molecule has 5 rings (SSSR count). The number of aromatic hydroxyl groups is 1. The molecule has 0 aliphatic carbocycles. The Labute approximate surface area is 191 Å². The molecule has 4 aromatic rings. The van der Waals surface area contributed by atoms with Gasteiger partial charge in [-0.15, -0.1) is 0 Å². The van der Waals surface area contributed by atoms with E-state index >= 15 is 0 Å². The maximum absolute atomic E-state index is 13.1. The number of fused-ring (bicyclic) bond motifs is 3. The third-order valence-electron chi connectivity index (χ3n) is 5.70. The largest absolute Gasteiger partial charge is 0.497 e. The second kappa shape index (κ2) is 8.31. The van der Waals surface area contributed by atoms with Gasteiger partial charge in [-0.1, -0.05) is 17.7 Å². The minimum absolute atomic E-state index is 0.0470. The number of methoxy groups -OCH3 is 1. The summed E-state index contributed by atoms with van der Waals surface area (Å²) in [6.45, 7) is 2.34. The van der Waals surface area contributed by atoms with Crippen LogP contribution in [0.4, 0.5) is 16.3 Å². The highest BCUT2D eigenvalue weighted by atomic mass is 16.5. The van der Waals surface area contributed by atoms with Crippen molar-refractivity contribution in [1.29, 1.82) is 0 Å². The van der Waals surface area contributed by atoms with E-state index < -0.39 is 0 Å². The van der Waals surface area contributed by atoms with Gasteiger partial charge in [0, 0.05) is 29.6 Å². The maximum Gasteiger partial charge on any atom is 0.327 e. The van der Waals surface area contributed by atoms with Gasteiger partial charge in [-0.3, -0.25) is 4.90 Å². The fraction of sp³-hybridized carbons (Fsp3) is 0.160. The van der Waals surface area contributed by atoms with Crippen LogP contribution in [0.3, 0.4) is 0 Å². The Kier molecular flexibility index (Phi) is 5.18. The van der Waals surface area contributed by atoms with Gasteiger partial charge in [0.05, 0.1) is 12.8 Å². The molecule has 0 bridgehead atoms. The molecule has 0 fully saturated rings. The highest BCUT2D eigenvalue weighted by Crippen LogP contribution is 2.39. The van der Waals surface area contributed by atoms with Crippen molar-refractivity contribution in [2.45, 2.75) is 13.3 Å². The van der Waals surface area contributed by atoms with Crippen molar-refractivity contribution >= 4 is 17.5 Å². The molecule has 2 amide bonds. The molecule has 0 saturated carbocycles. The van der Waals surface area contributed by atoms with Crippen molar-refractivity contribution in [3.8, 4) is 28.6 Å². The number of carbonyl (C=O) groups is 1. The number of ether oxygens (including phenoxy) is 1. The lowest BCUT2D eigenvalue weighted by Gasteiger charge is -2.22. The minimum Gasteiger partial charge on any atom is -0.497 e. The summed E-state index contributed by atoms with van der Waals surface area (Å²) in [5.41, 5.74) is 4.50. The summed E-state index contributed by atoms with van der Waals surface area (Å²) >= 11 is 0. The number of hydrogen-bond acceptors (Lipinski definition) is 5. The van der Waals surface area contributed by atoms with Gasteiger partial charge in [0.25, 0.3) is 0 Å². The SMILES string of the molecule is COc1ccc(-n2nc3c(c2O)CCN(C(=O)Nc2ccc(C)cc2)c2ncccc2-3)cc1. The summed E-state index contributed by atoms with van der Waals surface area (Å²) in [6.07, 6.45) is 2.07. The van der Waals surface area contributed by atoms with Gasteiger partial charge in [0.2, 0.25) is 5.88 Å². The van der Waals surface area contributed by atoms with Crippen LogP contribution in [-0.2, 0) is 6.42 Å². The molecule has 0 spiro atoms. The Morgan fingerprint density at radius 3 is 2.58 bits per heavy atom. The summed E-state index contributed by atoms with van der Waals surface area (Å²) in [6, 6.07) is 18.3. The smallest absolute Gasteiger partial charge is 0.327 e. The number of amides is 2. The monoisotopic (exact) mass is 441 g/mol. The van der Waals surface area contributed by atoms with Crippen LogP contribution in [0.5, 0.6) is 11.6 Å². The molecule has 8 heteroatoms. The number of nitrogens with one attached hydrogen (secondary N) is 1. The van der Waals surface area contributed by atoms with Crippen LogP contribution in [0.15, 0.2) is 66.9 Å². The second-order valence-corrected chi connectivity index (χ2v) is 7.83. The first-order valence-corrected chi connectivity index (χ1v) is 10.6. The standard InChI is InChI=1S/C25H23N5O3/c1-16-5-7-17(8-6-16)27-25(32)29-15-13-21-22(20-4-3-14-26-23(20)29)28-30(24(21)31)18-9-11-19(33-2)12-10-18/h3-12,14,31H,13,15H2,1-2H3,(H,27,32). The van der Waals surface area contributed by atoms with Gasteiger partial charge in [0.1, 0.15) is 17.3 Å². The zero-order valence-electron chi connectivity index (χ0n) is 18.3. The molecule has 1 aliphatic rings. The van der Waals surface area contributed by atoms with Gasteiger partial charge in [-0.05, 0) is 61.9 Å². The van der Waals surface area contributed by atoms with Crippen molar-refractivity contribution in [3.63, 3.8) is 0 Å². The van der Waals surface area contributed by atoms with Crippen molar-refractivity contribution in [2.75, 3.05) is 23.9 Å². The highest BCUT2D eigenvalue weighted by molar-refractivity contribution is 6.03. The molecule has 8 nitrogen and oxygen atoms in total. The fourth-order valence-corrected chi connectivity index (χ4v) is 3.94. The number of rotatable bonds is 3. The number of carbonyl (C=O) groups excluding carboxylic acids is 1. The van der Waals surface area contributed by atoms with Crippen LogP contribution < -0.4 is 15.0 Å². The first-order valence-electron chi connectivity index (χ1n) is 10.6. The predicted molar refractivity (Wildman–Crippen MR) is 126 cm³/mol. The molecule has 1 aliphatic heterocycles. The molecule has 0 unspecified atom stereocenters. The van der Waals surface area contributed by atoms with E-state index in [4.69, 9.17) is 9.84 Å². The van der Waals surface area contributed by atoms with E-state index in [1.165, 1.54) is 4.68 Å². The van der Waals surface area contributed by atoms with Crippen LogP contribution in [0.25, 0.3) is 16.9 Å². The minimum atomic E-state index is -0.286. The number of aryl methyl sites for hydroxylation is 1. The number of nitrogens with zero attached hydrogens (tertiary/aromatic N) is 4. The zero-order valence-corrected chi connectivity index (χ0v) is 18.3. The van der Waals surface area contributed by atoms with E-state index in [-0.39, 0.29) is 11.9 Å². The Bertz CT molecular complexity index is 1310. The first kappa shape index (κ1) is 20.6. The fourth-order valence-electron chi connectivity index (χ4n) is 3.94. The Morgan fingerprint density at radius 1 is 1.09 bits per heavy atom. The van der Waals surface area contributed by atoms with Gasteiger partial charge >= 0.3 is 6.03 Å². The van der Waals surface area contributed by atoms with Gasteiger partial charge in [-0.25, -0.2) is 14.5 Å². The number of benzene rings is 2. The molecule has 3 heterocycles. The number of anilines is 2. The quantitative estimate of drug-likeness (QED) is 0.487. The van der Waals surface area contributed by atoms with E-state index in [0.717, 1.165) is 11.3 Å². The predicted octanol–water partition coefficient (Wildman–Crippen LogP) is 4.55. The van der Waals surface area contributed by atoms with E-state index in [1.807, 2.05) is 61.5 Å². The molecule has 166 valence electrons. The molecule has 2 aromatic heterocycles. The average molecular weight is 441 g/mol. The number of hydrogen-bond donors (Lipinski definition) is 2. The molecule has 2 aromatic carbocycles. The Morgan fingerprint density at radius 2 is 1.85 bits per heavy atom. The summed E-state index contributed by atoms with van der Waals surface area (Å²) in [4.78, 5) is 19.2. The Hall–Kier alpha value is -4.33. The highest BCUT2D eigenvalue weighted by Gasteiger charge is 2.30. The van der Waals surface area contributed by atoms with Gasteiger partial charge < -0.3 is 15.2 Å². The number of pyridine rings is 1. The van der Waals surface area contributed by atoms with Crippen LogP contribution in [0, 0.1) is 6.92 Å². The van der Waals surface area contributed by atoms with Gasteiger partial charge in [-0.2, -0.15) is 5.10 Å². The average Bonchev–Trinajstić information content (AvgIpc) is 3.07. The summed E-state index contributed by atoms with van der Waals surface area (Å²) < 4.78 is 6.72. The molecule has 33 heavy (non-hydrogen) atoms. The number of aromatic nitrogens is 3. The summed E-state index contributed by atoms with van der Waals surface area (Å²) in [5.74, 6) is 1.27. The third-order valence-corrected chi connectivity index (χ3v) is 5.70. The van der Waals surface area contributed by atoms with E-state index in [2.05, 4.69) is 10.3 Å². The van der Waals surface area contributed by atoms with Gasteiger partial charge in [0.15, 0.2) is 0 Å². The second-order valence-electron chi connectivity index (χ2n) is 7.83. The Balaban J connectivity index is 1.52. The van der Waals surface area contributed by atoms with E-state index in [0.29, 0.717) is 47.0 Å². The lowest BCUT2D eigenvalue weighted by molar-refractivity contribution is 0.257. The molecular formula is C25H23N5O3. The van der Waals surface area contributed by atoms with Crippen molar-refractivity contribution in [3.05, 3.63) is 78.0 Å². The van der Waals surface area contributed by atoms with E-state index in [9.17, 15) is 9.90 Å². The van der Waals surface area contributed by atoms with Crippen LogP contribution in [0.2, 0.25) is 0 Å². The molecule has 2 N–H and O–H groups in total. The van der Waals surface area contributed by atoms with Crippen molar-refractivity contribution in [2.24, 2.45) is 0 Å². The van der Waals surface area contributed by atoms with Crippen LogP contribution in [-0.4, -0.2) is 39.6 Å². The lowest BCUT2D eigenvalue weighted by Crippen LogP contribution is -2.36. The van der Waals surface area contributed by atoms with Crippen LogP contribution >= 0.6 is 0 Å². The number of urea groups is 1. The normalized spacial score (nSPS) is 12.5. The van der Waals surface area contributed by atoms with E-state index in [1.54, 1.807) is 24.3 Å². The molecule has 0 radical (unpaired) electrons. The molecule has 0 saturated heterocycles. The van der Waals surface area contributed by atoms with Crippen molar-refractivity contribution < 1.29 is 14.6 Å². The lowest BCUT2D eigenvalue weighted by atomic mass is 10.1. The first-order chi connectivity index (χ1) is 16.0. The summed E-state index contributed by atoms with van der Waals surface area (Å²) in [5, 5.41) is 18.6. The molecule has 0 atom stereocenters. The zero-order chi connectivity index (χ0) is 22.9.